The largest absolute Gasteiger partial charge is 0.606 e. The van der Waals surface area contributed by atoms with Crippen LogP contribution in [0.2, 0.25) is 0 Å². The Hall–Kier alpha value is -2.68. The summed E-state index contributed by atoms with van der Waals surface area (Å²) in [5, 5.41) is 5.56. The minimum atomic E-state index is -1.50. The molecule has 2 N–H and O–H groups in total. The molecule has 0 saturated carbocycles. The topological polar surface area (TPSA) is 94.2 Å². The van der Waals surface area contributed by atoms with Crippen LogP contribution in [0.25, 0.3) is 0 Å². The molecule has 0 spiro atoms. The van der Waals surface area contributed by atoms with Crippen LogP contribution in [0.5, 0.6) is 0 Å². The van der Waals surface area contributed by atoms with E-state index in [1.807, 2.05) is 0 Å². The molecule has 4 rings (SSSR count). The summed E-state index contributed by atoms with van der Waals surface area (Å²) in [5.41, 5.74) is 2.84. The minimum Gasteiger partial charge on any atom is -0.606 e. The van der Waals surface area contributed by atoms with Crippen molar-refractivity contribution in [1.82, 2.24) is 10.3 Å². The highest BCUT2D eigenvalue weighted by molar-refractivity contribution is 7.91. The molecule has 2 aromatic carbocycles. The van der Waals surface area contributed by atoms with Crippen molar-refractivity contribution in [3.8, 4) is 0 Å². The number of nitrogens with one attached hydrogen (secondary N) is 2. The first-order valence-corrected chi connectivity index (χ1v) is 9.78. The van der Waals surface area contributed by atoms with E-state index in [1.165, 1.54) is 11.3 Å². The Kier molecular flexibility index (Phi) is 4.46. The van der Waals surface area contributed by atoms with E-state index in [9.17, 15) is 14.1 Å². The summed E-state index contributed by atoms with van der Waals surface area (Å²) in [5.74, 6) is -0.613. The van der Waals surface area contributed by atoms with Crippen LogP contribution in [-0.4, -0.2) is 21.4 Å². The van der Waals surface area contributed by atoms with Crippen LogP contribution < -0.4 is 10.6 Å². The van der Waals surface area contributed by atoms with Crippen molar-refractivity contribution in [2.45, 2.75) is 16.3 Å². The van der Waals surface area contributed by atoms with Gasteiger partial charge in [0.25, 0.3) is 11.8 Å². The van der Waals surface area contributed by atoms with Gasteiger partial charge < -0.3 is 15.2 Å². The number of hydrogen-bond acceptors (Lipinski definition) is 5. The summed E-state index contributed by atoms with van der Waals surface area (Å²) < 4.78 is 12.8. The molecule has 0 saturated heterocycles. The number of carbonyl (C=O) groups is 2. The van der Waals surface area contributed by atoms with E-state index >= 15 is 0 Å². The fourth-order valence-corrected chi connectivity index (χ4v) is 4.49. The standard InChI is InChI=1S/C18H13N3O3S2/c22-17(20-9-12-8-19-10-25-12)11-5-6-16-14(7-11)21-18(23)13-3-1-2-4-15(13)26(16)24/h1-8,10H,9H2,(H,20,22)(H,21,23). The second-order valence-electron chi connectivity index (χ2n) is 5.58. The van der Waals surface area contributed by atoms with Gasteiger partial charge in [0.2, 0.25) is 0 Å². The zero-order chi connectivity index (χ0) is 18.1. The predicted molar refractivity (Wildman–Crippen MR) is 98.8 cm³/mol. The molecule has 130 valence electrons. The van der Waals surface area contributed by atoms with Gasteiger partial charge in [0.15, 0.2) is 9.79 Å². The highest BCUT2D eigenvalue weighted by atomic mass is 32.2. The number of thiazole rings is 1. The lowest BCUT2D eigenvalue weighted by molar-refractivity contribution is 0.0949. The van der Waals surface area contributed by atoms with Crippen LogP contribution >= 0.6 is 11.3 Å². The van der Waals surface area contributed by atoms with E-state index in [0.29, 0.717) is 33.2 Å². The molecule has 6 nitrogen and oxygen atoms in total. The number of fused-ring (bicyclic) bond motifs is 2. The van der Waals surface area contributed by atoms with E-state index in [-0.39, 0.29) is 11.8 Å². The third-order valence-electron chi connectivity index (χ3n) is 3.93. The summed E-state index contributed by atoms with van der Waals surface area (Å²) in [6.07, 6.45) is 1.70. The fourth-order valence-electron chi connectivity index (χ4n) is 2.65. The maximum atomic E-state index is 12.8. The molecule has 0 aliphatic carbocycles. The number of amides is 2. The summed E-state index contributed by atoms with van der Waals surface area (Å²) in [4.78, 5) is 30.6. The minimum absolute atomic E-state index is 0.275. The van der Waals surface area contributed by atoms with Crippen LogP contribution in [0.1, 0.15) is 25.6 Å². The molecule has 1 aromatic heterocycles. The summed E-state index contributed by atoms with van der Waals surface area (Å²) in [6.45, 7) is 0.379. The smallest absolute Gasteiger partial charge is 0.260 e. The lowest BCUT2D eigenvalue weighted by Crippen LogP contribution is -2.22. The van der Waals surface area contributed by atoms with Crippen LogP contribution in [-0.2, 0) is 17.7 Å². The Morgan fingerprint density at radius 3 is 2.88 bits per heavy atom. The lowest BCUT2D eigenvalue weighted by atomic mass is 10.1. The Morgan fingerprint density at radius 2 is 2.08 bits per heavy atom. The molecular weight excluding hydrogens is 370 g/mol. The average molecular weight is 383 g/mol. The van der Waals surface area contributed by atoms with E-state index in [1.54, 1.807) is 54.2 Å². The third kappa shape index (κ3) is 3.10. The number of rotatable bonds is 3. The number of anilines is 1. The van der Waals surface area contributed by atoms with Gasteiger partial charge in [-0.3, -0.25) is 14.6 Å². The molecule has 1 atom stereocenters. The van der Waals surface area contributed by atoms with E-state index in [2.05, 4.69) is 15.6 Å². The Morgan fingerprint density at radius 1 is 1.23 bits per heavy atom. The second kappa shape index (κ2) is 6.91. The monoisotopic (exact) mass is 383 g/mol. The molecule has 1 aliphatic heterocycles. The highest BCUT2D eigenvalue weighted by Gasteiger charge is 2.30. The first-order chi connectivity index (χ1) is 12.6. The van der Waals surface area contributed by atoms with Crippen LogP contribution in [0, 0.1) is 0 Å². The van der Waals surface area contributed by atoms with Crippen molar-refractivity contribution < 1.29 is 14.1 Å². The first kappa shape index (κ1) is 16.8. The van der Waals surface area contributed by atoms with Crippen LogP contribution in [0.3, 0.4) is 0 Å². The molecule has 3 aromatic rings. The van der Waals surface area contributed by atoms with Gasteiger partial charge in [0, 0.05) is 27.8 Å². The zero-order valence-electron chi connectivity index (χ0n) is 13.4. The summed E-state index contributed by atoms with van der Waals surface area (Å²) >= 11 is -0.0431. The Labute approximate surface area is 156 Å². The molecule has 0 fully saturated rings. The number of nitrogens with zero attached hydrogens (tertiary/aromatic N) is 1. The summed E-state index contributed by atoms with van der Waals surface area (Å²) in [7, 11) is 0. The van der Waals surface area contributed by atoms with Gasteiger partial charge in [0.1, 0.15) is 0 Å². The molecule has 1 aliphatic rings. The van der Waals surface area contributed by atoms with Gasteiger partial charge >= 0.3 is 0 Å². The second-order valence-corrected chi connectivity index (χ2v) is 7.97. The molecule has 2 amide bonds. The maximum Gasteiger partial charge on any atom is 0.260 e. The van der Waals surface area contributed by atoms with Crippen molar-refractivity contribution in [1.29, 1.82) is 0 Å². The fraction of sp³-hybridized carbons (Fsp3) is 0.0556. The molecular formula is C18H13N3O3S2. The van der Waals surface area contributed by atoms with Crippen LogP contribution in [0.4, 0.5) is 5.69 Å². The van der Waals surface area contributed by atoms with Crippen molar-refractivity contribution in [3.63, 3.8) is 0 Å². The van der Waals surface area contributed by atoms with E-state index < -0.39 is 11.2 Å². The predicted octanol–water partition coefficient (Wildman–Crippen LogP) is 2.81. The molecule has 26 heavy (non-hydrogen) atoms. The van der Waals surface area contributed by atoms with Gasteiger partial charge in [-0.05, 0) is 30.3 Å². The Balaban J connectivity index is 1.62. The van der Waals surface area contributed by atoms with E-state index in [4.69, 9.17) is 0 Å². The number of aromatic nitrogens is 1. The SMILES string of the molecule is O=C(NCc1cncs1)c1ccc2c(c1)NC(=O)c1ccccc1[S+]2[O-]. The van der Waals surface area contributed by atoms with Gasteiger partial charge in [-0.15, -0.1) is 11.3 Å². The van der Waals surface area contributed by atoms with Crippen molar-refractivity contribution >= 4 is 40.0 Å². The third-order valence-corrected chi connectivity index (χ3v) is 6.22. The number of benzene rings is 2. The van der Waals surface area contributed by atoms with Crippen molar-refractivity contribution in [3.05, 3.63) is 70.2 Å². The number of carbonyl (C=O) groups excluding carboxylic acids is 2. The first-order valence-electron chi connectivity index (χ1n) is 7.75. The molecule has 2 heterocycles. The van der Waals surface area contributed by atoms with Gasteiger partial charge in [-0.1, -0.05) is 12.1 Å². The van der Waals surface area contributed by atoms with Gasteiger partial charge in [-0.25, -0.2) is 0 Å². The number of hydrogen-bond donors (Lipinski definition) is 2. The van der Waals surface area contributed by atoms with E-state index in [0.717, 1.165) is 4.88 Å². The maximum absolute atomic E-state index is 12.8. The Bertz CT molecular complexity index is 989. The quantitative estimate of drug-likeness (QED) is 0.680. The van der Waals surface area contributed by atoms with Crippen molar-refractivity contribution in [2.75, 3.05) is 5.32 Å². The molecule has 0 radical (unpaired) electrons. The average Bonchev–Trinajstić information content (AvgIpc) is 3.15. The molecule has 1 unspecified atom stereocenters. The molecule has 0 bridgehead atoms. The normalized spacial score (nSPS) is 15.4. The van der Waals surface area contributed by atoms with Gasteiger partial charge in [0.05, 0.1) is 23.3 Å². The molecule has 8 heteroatoms. The summed E-state index contributed by atoms with van der Waals surface area (Å²) in [6, 6.07) is 11.6. The van der Waals surface area contributed by atoms with Crippen LogP contribution in [0.15, 0.2) is 64.0 Å². The van der Waals surface area contributed by atoms with Gasteiger partial charge in [-0.2, -0.15) is 0 Å². The zero-order valence-corrected chi connectivity index (χ0v) is 15.0. The van der Waals surface area contributed by atoms with Crippen molar-refractivity contribution in [2.24, 2.45) is 0 Å². The highest BCUT2D eigenvalue weighted by Crippen LogP contribution is 2.34. The lowest BCUT2D eigenvalue weighted by Gasteiger charge is -2.12.